The number of hydrogen-bond donors (Lipinski definition) is 0. The highest BCUT2D eigenvalue weighted by atomic mass is 32.1. The smallest absolute Gasteiger partial charge is 0.180 e. The number of nitrogens with zero attached hydrogens (tertiary/aromatic N) is 6. The van der Waals surface area contributed by atoms with Gasteiger partial charge in [0.15, 0.2) is 34.9 Å². The molecule has 6 nitrogen and oxygen atoms in total. The van der Waals surface area contributed by atoms with Crippen LogP contribution in [-0.4, -0.2) is 0 Å². The van der Waals surface area contributed by atoms with Crippen LogP contribution in [0.15, 0.2) is 60.7 Å². The Morgan fingerprint density at radius 2 is 0.627 bits per heavy atom. The van der Waals surface area contributed by atoms with Gasteiger partial charge in [-0.3, -0.25) is 0 Å². The second kappa shape index (κ2) is 16.4. The van der Waals surface area contributed by atoms with Crippen LogP contribution in [-0.2, 0) is 0 Å². The van der Waals surface area contributed by atoms with Crippen molar-refractivity contribution in [1.29, 1.82) is 31.6 Å². The van der Waals surface area contributed by atoms with Crippen molar-refractivity contribution in [2.45, 2.75) is 0 Å². The first-order valence-electron chi connectivity index (χ1n) is 16.2. The molecule has 0 bridgehead atoms. The van der Waals surface area contributed by atoms with Gasteiger partial charge in [-0.2, -0.15) is 31.6 Å². The molecule has 5 aromatic heterocycles. The highest BCUT2D eigenvalue weighted by Crippen LogP contribution is 2.45. The molecule has 0 aliphatic carbocycles. The van der Waals surface area contributed by atoms with E-state index in [-0.39, 0.29) is 0 Å². The molecule has 0 spiro atoms. The Kier molecular flexibility index (Phi) is 11.2. The summed E-state index contributed by atoms with van der Waals surface area (Å²) in [6.45, 7) is 0. The summed E-state index contributed by atoms with van der Waals surface area (Å²) in [5.74, 6) is -10.0. The summed E-state index contributed by atoms with van der Waals surface area (Å²) in [6.07, 6.45) is 2.44. The van der Waals surface area contributed by atoms with E-state index in [0.717, 1.165) is 39.0 Å². The van der Waals surface area contributed by atoms with Crippen molar-refractivity contribution in [2.75, 3.05) is 0 Å². The predicted octanol–water partition coefficient (Wildman–Crippen LogP) is 13.1. The van der Waals surface area contributed by atoms with E-state index in [1.165, 1.54) is 81.8 Å². The number of rotatable bonds is 8. The molecule has 7 rings (SSSR count). The van der Waals surface area contributed by atoms with Crippen molar-refractivity contribution >= 4 is 80.0 Å². The van der Waals surface area contributed by atoms with Gasteiger partial charge in [0.1, 0.15) is 46.5 Å². The molecular formula is C42H12F6N6S5. The van der Waals surface area contributed by atoms with E-state index in [2.05, 4.69) is 0 Å². The van der Waals surface area contributed by atoms with Crippen LogP contribution in [0, 0.1) is 103 Å². The molecule has 17 heteroatoms. The first kappa shape index (κ1) is 40.1. The molecule has 0 amide bonds. The lowest BCUT2D eigenvalue weighted by atomic mass is 9.96. The summed E-state index contributed by atoms with van der Waals surface area (Å²) >= 11 is 7.02. The van der Waals surface area contributed by atoms with Crippen LogP contribution in [0.25, 0.3) is 62.3 Å². The van der Waals surface area contributed by atoms with Gasteiger partial charge in [-0.1, -0.05) is 0 Å². The number of thiophene rings is 5. The van der Waals surface area contributed by atoms with Crippen molar-refractivity contribution < 1.29 is 26.3 Å². The molecule has 7 aromatic rings. The van der Waals surface area contributed by atoms with Gasteiger partial charge in [0.25, 0.3) is 0 Å². The molecule has 5 heterocycles. The molecule has 0 fully saturated rings. The first-order valence-corrected chi connectivity index (χ1v) is 20.3. The highest BCUT2D eigenvalue weighted by molar-refractivity contribution is 7.29. The van der Waals surface area contributed by atoms with Crippen molar-refractivity contribution in [3.8, 4) is 75.4 Å². The molecule has 0 aliphatic rings. The predicted molar refractivity (Wildman–Crippen MR) is 216 cm³/mol. The van der Waals surface area contributed by atoms with Crippen LogP contribution in [0.1, 0.15) is 43.1 Å². The number of allylic oxidation sites excluding steroid dienone is 2. The fourth-order valence-electron chi connectivity index (χ4n) is 5.77. The normalized spacial score (nSPS) is 11.3. The summed E-state index contributed by atoms with van der Waals surface area (Å²) in [5.41, 5.74) is -7.10. The van der Waals surface area contributed by atoms with E-state index in [1.807, 2.05) is 36.4 Å². The van der Waals surface area contributed by atoms with Crippen molar-refractivity contribution in [3.63, 3.8) is 0 Å². The van der Waals surface area contributed by atoms with E-state index in [4.69, 9.17) is 10.5 Å². The van der Waals surface area contributed by atoms with E-state index in [9.17, 15) is 47.4 Å². The topological polar surface area (TPSA) is 143 Å². The SMILES string of the molecule is N#C/C(=C\c1ccc(-c2ccc(-c3ccc(-c4ccc(-c5ccc(/C=C(\C#N)c6c(F)c(F)c(C#N)c(F)c6C#N)s5)s4)s3)s2)s1)c1c(F)c(F)c(C#N)c(F)c1C#N. The fraction of sp³-hybridized carbons (Fsp3) is 0. The quantitative estimate of drug-likeness (QED) is 0.0845. The summed E-state index contributed by atoms with van der Waals surface area (Å²) in [7, 11) is 0. The third-order valence-electron chi connectivity index (χ3n) is 8.48. The minimum atomic E-state index is -1.79. The maximum atomic E-state index is 14.9. The van der Waals surface area contributed by atoms with E-state index in [1.54, 1.807) is 47.7 Å². The molecule has 282 valence electrons. The van der Waals surface area contributed by atoms with Gasteiger partial charge in [-0.05, 0) is 72.8 Å². The molecule has 0 unspecified atom stereocenters. The lowest BCUT2D eigenvalue weighted by molar-refractivity contribution is 0.488. The lowest BCUT2D eigenvalue weighted by Gasteiger charge is -2.08. The number of nitriles is 6. The zero-order valence-electron chi connectivity index (χ0n) is 28.9. The van der Waals surface area contributed by atoms with Crippen LogP contribution >= 0.6 is 56.7 Å². The summed E-state index contributed by atoms with van der Waals surface area (Å²) in [6, 6.07) is 27.2. The van der Waals surface area contributed by atoms with Crippen molar-refractivity contribution in [3.05, 3.63) is 139 Å². The Balaban J connectivity index is 1.10. The second-order valence-corrected chi connectivity index (χ2v) is 17.3. The Morgan fingerprint density at radius 3 is 0.898 bits per heavy atom. The summed E-state index contributed by atoms with van der Waals surface area (Å²) in [4.78, 5) is 8.11. The van der Waals surface area contributed by atoms with E-state index in [0.29, 0.717) is 9.75 Å². The van der Waals surface area contributed by atoms with Gasteiger partial charge in [0.05, 0.1) is 34.4 Å². The van der Waals surface area contributed by atoms with Crippen LogP contribution in [0.4, 0.5) is 26.3 Å². The minimum absolute atomic E-state index is 0.449. The average Bonchev–Trinajstić information content (AvgIpc) is 4.09. The monoisotopic (exact) mass is 874 g/mol. The molecule has 2 aromatic carbocycles. The Bertz CT molecular complexity index is 3010. The number of halogens is 6. The Hall–Kier alpha value is -7.06. The van der Waals surface area contributed by atoms with Gasteiger partial charge in [0, 0.05) is 48.8 Å². The van der Waals surface area contributed by atoms with Crippen molar-refractivity contribution in [1.82, 2.24) is 0 Å². The molecule has 0 aliphatic heterocycles. The maximum absolute atomic E-state index is 14.9. The van der Waals surface area contributed by atoms with Crippen LogP contribution < -0.4 is 0 Å². The number of hydrogen-bond acceptors (Lipinski definition) is 11. The van der Waals surface area contributed by atoms with E-state index >= 15 is 0 Å². The average molecular weight is 875 g/mol. The molecule has 59 heavy (non-hydrogen) atoms. The molecule has 0 saturated heterocycles. The summed E-state index contributed by atoms with van der Waals surface area (Å²) < 4.78 is 88.1. The standard InChI is InChI=1S/C42H12F6N6S5/c43-37-23(15-51)35(41(47)39(45)25(37)17-53)19(13-49)11-21-1-3-27(55-21)29-5-7-31(57-29)33-9-10-34(59-33)32-8-6-30(58-32)28-4-2-22(56-28)12-20(14-50)36-24(16-52)38(44)26(18-54)40(46)42(36)48/h1-12H/b19-11+,20-12+. The van der Waals surface area contributed by atoms with Gasteiger partial charge >= 0.3 is 0 Å². The van der Waals surface area contributed by atoms with Crippen LogP contribution in [0.2, 0.25) is 0 Å². The second-order valence-electron chi connectivity index (χ2n) is 11.8. The third kappa shape index (κ3) is 7.23. The zero-order valence-corrected chi connectivity index (χ0v) is 33.0. The number of benzene rings is 2. The van der Waals surface area contributed by atoms with Crippen LogP contribution in [0.5, 0.6) is 0 Å². The van der Waals surface area contributed by atoms with Gasteiger partial charge < -0.3 is 0 Å². The Morgan fingerprint density at radius 1 is 0.356 bits per heavy atom. The summed E-state index contributed by atoms with van der Waals surface area (Å²) in [5, 5.41) is 56.4. The molecule has 0 atom stereocenters. The molecule has 0 N–H and O–H groups in total. The third-order valence-corrected chi connectivity index (χ3v) is 14.6. The zero-order chi connectivity index (χ0) is 42.1. The molecular weight excluding hydrogens is 863 g/mol. The molecule has 0 radical (unpaired) electrons. The first-order chi connectivity index (χ1) is 28.5. The fourth-order valence-corrected chi connectivity index (χ4v) is 11.1. The van der Waals surface area contributed by atoms with E-state index < -0.39 is 79.4 Å². The minimum Gasteiger partial charge on any atom is -0.204 e. The Labute approximate surface area is 350 Å². The largest absolute Gasteiger partial charge is 0.204 e. The van der Waals surface area contributed by atoms with Gasteiger partial charge in [-0.25, -0.2) is 26.3 Å². The highest BCUT2D eigenvalue weighted by Gasteiger charge is 2.29. The van der Waals surface area contributed by atoms with Gasteiger partial charge in [0.2, 0.25) is 0 Å². The van der Waals surface area contributed by atoms with Crippen LogP contribution in [0.3, 0.4) is 0 Å². The molecule has 0 saturated carbocycles. The van der Waals surface area contributed by atoms with Crippen molar-refractivity contribution in [2.24, 2.45) is 0 Å². The van der Waals surface area contributed by atoms with Gasteiger partial charge in [-0.15, -0.1) is 56.7 Å². The maximum Gasteiger partial charge on any atom is 0.180 e. The lowest BCUT2D eigenvalue weighted by Crippen LogP contribution is -2.05.